The zero-order chi connectivity index (χ0) is 21.9. The summed E-state index contributed by atoms with van der Waals surface area (Å²) >= 11 is 0. The number of benzene rings is 2. The number of carbonyl (C=O) groups is 1. The van der Waals surface area contributed by atoms with E-state index in [9.17, 15) is 4.79 Å². The molecule has 7 nitrogen and oxygen atoms in total. The molecule has 0 amide bonds. The van der Waals surface area contributed by atoms with Gasteiger partial charge in [-0.15, -0.1) is 0 Å². The van der Waals surface area contributed by atoms with Gasteiger partial charge in [-0.25, -0.2) is 0 Å². The van der Waals surface area contributed by atoms with Gasteiger partial charge in [-0.1, -0.05) is 12.1 Å². The molecule has 0 fully saturated rings. The van der Waals surface area contributed by atoms with E-state index in [1.807, 2.05) is 36.4 Å². The molecule has 0 aliphatic heterocycles. The first kappa shape index (κ1) is 23.3. The third-order valence-corrected chi connectivity index (χ3v) is 4.89. The van der Waals surface area contributed by atoms with Crippen LogP contribution in [0.5, 0.6) is 23.0 Å². The highest BCUT2D eigenvalue weighted by Crippen LogP contribution is 2.29. The maximum absolute atomic E-state index is 12.3. The summed E-state index contributed by atoms with van der Waals surface area (Å²) in [7, 11) is 7.83. The van der Waals surface area contributed by atoms with E-state index in [1.54, 1.807) is 28.4 Å². The van der Waals surface area contributed by atoms with Crippen molar-refractivity contribution in [1.82, 2.24) is 5.32 Å². The molecule has 0 aliphatic rings. The molecule has 0 bridgehead atoms. The zero-order valence-electron chi connectivity index (χ0n) is 18.3. The number of esters is 1. The average molecular weight is 418 g/mol. The Morgan fingerprint density at radius 3 is 1.87 bits per heavy atom. The first-order valence-electron chi connectivity index (χ1n) is 9.76. The molecule has 1 unspecified atom stereocenters. The Morgan fingerprint density at radius 2 is 1.33 bits per heavy atom. The van der Waals surface area contributed by atoms with Crippen molar-refractivity contribution in [3.63, 3.8) is 0 Å². The molecule has 2 aromatic rings. The smallest absolute Gasteiger partial charge is 0.310 e. The molecule has 1 atom stereocenters. The van der Waals surface area contributed by atoms with Crippen LogP contribution in [0.4, 0.5) is 0 Å². The van der Waals surface area contributed by atoms with Gasteiger partial charge in [0.2, 0.25) is 0 Å². The van der Waals surface area contributed by atoms with Crippen LogP contribution in [0.3, 0.4) is 0 Å². The lowest BCUT2D eigenvalue weighted by Gasteiger charge is -2.17. The van der Waals surface area contributed by atoms with Gasteiger partial charge in [0.05, 0.1) is 41.5 Å². The van der Waals surface area contributed by atoms with Crippen molar-refractivity contribution in [2.24, 2.45) is 5.92 Å². The summed E-state index contributed by atoms with van der Waals surface area (Å²) in [5, 5.41) is 3.36. The Labute approximate surface area is 178 Å². The lowest BCUT2D eigenvalue weighted by molar-refractivity contribution is -0.145. The Bertz CT molecular complexity index is 823. The van der Waals surface area contributed by atoms with Crippen LogP contribution in [-0.2, 0) is 22.4 Å². The van der Waals surface area contributed by atoms with Crippen LogP contribution in [-0.4, -0.2) is 54.6 Å². The largest absolute Gasteiger partial charge is 0.493 e. The quantitative estimate of drug-likeness (QED) is 0.420. The van der Waals surface area contributed by atoms with E-state index >= 15 is 0 Å². The van der Waals surface area contributed by atoms with Gasteiger partial charge in [-0.2, -0.15) is 0 Å². The van der Waals surface area contributed by atoms with E-state index in [0.717, 1.165) is 24.1 Å². The van der Waals surface area contributed by atoms with Crippen molar-refractivity contribution in [2.45, 2.75) is 12.8 Å². The van der Waals surface area contributed by atoms with E-state index in [1.165, 1.54) is 7.11 Å². The van der Waals surface area contributed by atoms with Gasteiger partial charge < -0.3 is 29.0 Å². The summed E-state index contributed by atoms with van der Waals surface area (Å²) < 4.78 is 26.2. The molecule has 0 heterocycles. The average Bonchev–Trinajstić information content (AvgIpc) is 2.79. The summed E-state index contributed by atoms with van der Waals surface area (Å²) in [6.45, 7) is 1.23. The highest BCUT2D eigenvalue weighted by Gasteiger charge is 2.20. The fourth-order valence-electron chi connectivity index (χ4n) is 3.24. The molecule has 0 saturated carbocycles. The minimum Gasteiger partial charge on any atom is -0.493 e. The Hall–Kier alpha value is -2.93. The standard InChI is InChI=1S/C23H31NO6/c1-26-19-8-6-16(13-21(19)28-3)10-11-24-15-18(23(25)30-5)12-17-7-9-20(27-2)22(14-17)29-4/h6-9,13-14,18,24H,10-12,15H2,1-5H3. The second kappa shape index (κ2) is 11.9. The summed E-state index contributed by atoms with van der Waals surface area (Å²) in [6.07, 6.45) is 1.33. The molecule has 2 rings (SSSR count). The lowest BCUT2D eigenvalue weighted by atomic mass is 9.98. The molecule has 0 radical (unpaired) electrons. The summed E-state index contributed by atoms with van der Waals surface area (Å²) in [4.78, 5) is 12.3. The first-order valence-corrected chi connectivity index (χ1v) is 9.76. The van der Waals surface area contributed by atoms with Crippen LogP contribution in [0.1, 0.15) is 11.1 Å². The third-order valence-electron chi connectivity index (χ3n) is 4.89. The predicted molar refractivity (Wildman–Crippen MR) is 115 cm³/mol. The molecule has 0 spiro atoms. The fourth-order valence-corrected chi connectivity index (χ4v) is 3.24. The highest BCUT2D eigenvalue weighted by atomic mass is 16.5. The molecule has 7 heteroatoms. The summed E-state index contributed by atoms with van der Waals surface area (Å²) in [5.74, 6) is 2.15. The van der Waals surface area contributed by atoms with Crippen molar-refractivity contribution in [2.75, 3.05) is 48.6 Å². The van der Waals surface area contributed by atoms with Gasteiger partial charge in [-0.3, -0.25) is 4.79 Å². The van der Waals surface area contributed by atoms with Gasteiger partial charge in [0.1, 0.15) is 0 Å². The minimum absolute atomic E-state index is 0.247. The summed E-state index contributed by atoms with van der Waals surface area (Å²) in [6, 6.07) is 11.5. The molecule has 2 aromatic carbocycles. The monoisotopic (exact) mass is 417 g/mol. The van der Waals surface area contributed by atoms with Crippen LogP contribution in [0.25, 0.3) is 0 Å². The van der Waals surface area contributed by atoms with Crippen molar-refractivity contribution >= 4 is 5.97 Å². The van der Waals surface area contributed by atoms with Crippen molar-refractivity contribution in [1.29, 1.82) is 0 Å². The topological polar surface area (TPSA) is 75.3 Å². The van der Waals surface area contributed by atoms with Gasteiger partial charge in [-0.05, 0) is 54.8 Å². The number of ether oxygens (including phenoxy) is 5. The van der Waals surface area contributed by atoms with Gasteiger partial charge in [0, 0.05) is 6.54 Å². The van der Waals surface area contributed by atoms with Gasteiger partial charge >= 0.3 is 5.97 Å². The van der Waals surface area contributed by atoms with E-state index in [2.05, 4.69) is 5.32 Å². The molecule has 164 valence electrons. The Kier molecular flexibility index (Phi) is 9.28. The van der Waals surface area contributed by atoms with Crippen molar-refractivity contribution in [3.8, 4) is 23.0 Å². The number of hydrogen-bond acceptors (Lipinski definition) is 7. The zero-order valence-corrected chi connectivity index (χ0v) is 18.3. The number of rotatable bonds is 12. The Morgan fingerprint density at radius 1 is 0.800 bits per heavy atom. The van der Waals surface area contributed by atoms with Crippen LogP contribution in [0, 0.1) is 5.92 Å². The van der Waals surface area contributed by atoms with Crippen LogP contribution in [0.2, 0.25) is 0 Å². The van der Waals surface area contributed by atoms with E-state index in [-0.39, 0.29) is 11.9 Å². The number of nitrogens with one attached hydrogen (secondary N) is 1. The fraction of sp³-hybridized carbons (Fsp3) is 0.435. The molecular weight excluding hydrogens is 386 g/mol. The van der Waals surface area contributed by atoms with Gasteiger partial charge in [0.25, 0.3) is 0 Å². The minimum atomic E-state index is -0.307. The molecular formula is C23H31NO6. The highest BCUT2D eigenvalue weighted by molar-refractivity contribution is 5.73. The molecule has 0 saturated heterocycles. The number of methoxy groups -OCH3 is 5. The third kappa shape index (κ3) is 6.29. The van der Waals surface area contributed by atoms with Crippen LogP contribution >= 0.6 is 0 Å². The van der Waals surface area contributed by atoms with Crippen molar-refractivity contribution < 1.29 is 28.5 Å². The maximum Gasteiger partial charge on any atom is 0.310 e. The Balaban J connectivity index is 1.95. The molecule has 1 N–H and O–H groups in total. The number of hydrogen-bond donors (Lipinski definition) is 1. The van der Waals surface area contributed by atoms with Crippen LogP contribution in [0.15, 0.2) is 36.4 Å². The normalized spacial score (nSPS) is 11.5. The number of carbonyl (C=O) groups excluding carboxylic acids is 1. The SMILES string of the molecule is COC(=O)C(CNCCc1ccc(OC)c(OC)c1)Cc1ccc(OC)c(OC)c1. The summed E-state index contributed by atoms with van der Waals surface area (Å²) in [5.41, 5.74) is 2.10. The predicted octanol–water partition coefficient (Wildman–Crippen LogP) is 2.89. The maximum atomic E-state index is 12.3. The first-order chi connectivity index (χ1) is 14.6. The second-order valence-electron chi connectivity index (χ2n) is 6.76. The lowest BCUT2D eigenvalue weighted by Crippen LogP contribution is -2.32. The van der Waals surface area contributed by atoms with E-state index in [0.29, 0.717) is 36.0 Å². The second-order valence-corrected chi connectivity index (χ2v) is 6.76. The van der Waals surface area contributed by atoms with E-state index < -0.39 is 0 Å². The van der Waals surface area contributed by atoms with E-state index in [4.69, 9.17) is 23.7 Å². The van der Waals surface area contributed by atoms with Crippen molar-refractivity contribution in [3.05, 3.63) is 47.5 Å². The molecule has 30 heavy (non-hydrogen) atoms. The van der Waals surface area contributed by atoms with Crippen LogP contribution < -0.4 is 24.3 Å². The molecule has 0 aromatic heterocycles. The molecule has 0 aliphatic carbocycles. The van der Waals surface area contributed by atoms with Gasteiger partial charge in [0.15, 0.2) is 23.0 Å².